The van der Waals surface area contributed by atoms with Gasteiger partial charge in [-0.05, 0) is 51.0 Å². The van der Waals surface area contributed by atoms with E-state index in [4.69, 9.17) is 4.74 Å². The number of nitrogens with zero attached hydrogens (tertiary/aromatic N) is 1. The lowest BCUT2D eigenvalue weighted by Gasteiger charge is -2.28. The second-order valence-electron chi connectivity index (χ2n) is 6.62. The van der Waals surface area contributed by atoms with Crippen LogP contribution in [0.4, 0.5) is 11.4 Å². The van der Waals surface area contributed by atoms with Crippen molar-refractivity contribution in [2.75, 3.05) is 49.6 Å². The van der Waals surface area contributed by atoms with Crippen LogP contribution in [0.2, 0.25) is 0 Å². The normalized spacial score (nSPS) is 15.6. The van der Waals surface area contributed by atoms with Crippen LogP contribution in [-0.4, -0.2) is 53.1 Å². The molecule has 0 atom stereocenters. The molecule has 0 aliphatic carbocycles. The molecule has 1 heterocycles. The van der Waals surface area contributed by atoms with E-state index in [2.05, 4.69) is 39.2 Å². The second kappa shape index (κ2) is 9.99. The molecule has 142 valence electrons. The fourth-order valence-electron chi connectivity index (χ4n) is 2.65. The minimum atomic E-state index is -3.12. The van der Waals surface area contributed by atoms with Gasteiger partial charge in [-0.3, -0.25) is 0 Å². The van der Waals surface area contributed by atoms with Gasteiger partial charge in [0.2, 0.25) is 10.0 Å². The van der Waals surface area contributed by atoms with E-state index in [9.17, 15) is 8.42 Å². The van der Waals surface area contributed by atoms with Gasteiger partial charge in [-0.1, -0.05) is 6.42 Å². The van der Waals surface area contributed by atoms with Crippen molar-refractivity contribution in [3.63, 3.8) is 0 Å². The summed E-state index contributed by atoms with van der Waals surface area (Å²) in [6.07, 6.45) is 2.89. The average Bonchev–Trinajstić information content (AvgIpc) is 2.62. The Hall–Kier alpha value is -1.31. The SMILES string of the molecule is CC(C)S(=O)(=O)NCCCCCNc1ccc(N2CCOCC2)cc1. The van der Waals surface area contributed by atoms with Crippen molar-refractivity contribution in [1.29, 1.82) is 0 Å². The fraction of sp³-hybridized carbons (Fsp3) is 0.667. The van der Waals surface area contributed by atoms with Crippen LogP contribution in [0.1, 0.15) is 33.1 Å². The molecule has 6 nitrogen and oxygen atoms in total. The van der Waals surface area contributed by atoms with E-state index < -0.39 is 10.0 Å². The first-order valence-electron chi connectivity index (χ1n) is 9.14. The molecule has 2 N–H and O–H groups in total. The van der Waals surface area contributed by atoms with Crippen molar-refractivity contribution >= 4 is 21.4 Å². The summed E-state index contributed by atoms with van der Waals surface area (Å²) < 4.78 is 31.2. The number of ether oxygens (including phenoxy) is 1. The predicted molar refractivity (Wildman–Crippen MR) is 104 cm³/mol. The van der Waals surface area contributed by atoms with Gasteiger partial charge in [0.25, 0.3) is 0 Å². The summed E-state index contributed by atoms with van der Waals surface area (Å²) in [5.74, 6) is 0. The number of hydrogen-bond acceptors (Lipinski definition) is 5. The molecule has 1 fully saturated rings. The van der Waals surface area contributed by atoms with E-state index in [0.717, 1.165) is 57.8 Å². The lowest BCUT2D eigenvalue weighted by molar-refractivity contribution is 0.122. The van der Waals surface area contributed by atoms with Gasteiger partial charge < -0.3 is 15.0 Å². The minimum Gasteiger partial charge on any atom is -0.385 e. The summed E-state index contributed by atoms with van der Waals surface area (Å²) in [7, 11) is -3.12. The van der Waals surface area contributed by atoms with Gasteiger partial charge in [0.15, 0.2) is 0 Å². The van der Waals surface area contributed by atoms with Crippen molar-refractivity contribution in [3.8, 4) is 0 Å². The zero-order valence-electron chi connectivity index (χ0n) is 15.3. The number of morpholine rings is 1. The smallest absolute Gasteiger partial charge is 0.213 e. The Kier molecular flexibility index (Phi) is 7.99. The monoisotopic (exact) mass is 369 g/mol. The molecule has 25 heavy (non-hydrogen) atoms. The summed E-state index contributed by atoms with van der Waals surface area (Å²) >= 11 is 0. The Bertz CT molecular complexity index is 596. The van der Waals surface area contributed by atoms with Gasteiger partial charge in [0.05, 0.1) is 18.5 Å². The quantitative estimate of drug-likeness (QED) is 0.620. The second-order valence-corrected chi connectivity index (χ2v) is 8.94. The molecule has 1 aromatic rings. The number of rotatable bonds is 10. The summed E-state index contributed by atoms with van der Waals surface area (Å²) in [5.41, 5.74) is 2.36. The van der Waals surface area contributed by atoms with Crippen molar-refractivity contribution in [1.82, 2.24) is 4.72 Å². The topological polar surface area (TPSA) is 70.7 Å². The Labute approximate surface area is 152 Å². The molecule has 1 aromatic carbocycles. The van der Waals surface area contributed by atoms with Crippen LogP contribution >= 0.6 is 0 Å². The lowest BCUT2D eigenvalue weighted by atomic mass is 10.2. The van der Waals surface area contributed by atoms with Crippen LogP contribution in [0.15, 0.2) is 24.3 Å². The molecular weight excluding hydrogens is 338 g/mol. The Morgan fingerprint density at radius 2 is 1.68 bits per heavy atom. The maximum absolute atomic E-state index is 11.6. The molecule has 2 rings (SSSR count). The lowest BCUT2D eigenvalue weighted by Crippen LogP contribution is -2.36. The van der Waals surface area contributed by atoms with Crippen molar-refractivity contribution in [2.45, 2.75) is 38.4 Å². The van der Waals surface area contributed by atoms with Crippen LogP contribution in [0.5, 0.6) is 0 Å². The highest BCUT2D eigenvalue weighted by Gasteiger charge is 2.14. The number of unbranched alkanes of at least 4 members (excludes halogenated alkanes) is 2. The molecular formula is C18H31N3O3S. The van der Waals surface area contributed by atoms with Crippen molar-refractivity contribution < 1.29 is 13.2 Å². The van der Waals surface area contributed by atoms with Crippen molar-refractivity contribution in [2.24, 2.45) is 0 Å². The van der Waals surface area contributed by atoms with E-state index in [1.165, 1.54) is 5.69 Å². The van der Waals surface area contributed by atoms with Crippen LogP contribution in [0.25, 0.3) is 0 Å². The number of anilines is 2. The Morgan fingerprint density at radius 3 is 2.32 bits per heavy atom. The van der Waals surface area contributed by atoms with Gasteiger partial charge in [0, 0.05) is 37.6 Å². The first-order chi connectivity index (χ1) is 12.0. The largest absolute Gasteiger partial charge is 0.385 e. The zero-order chi connectivity index (χ0) is 18.1. The standard InChI is InChI=1S/C18H31N3O3S/c1-16(2)25(22,23)20-11-5-3-4-10-19-17-6-8-18(9-7-17)21-12-14-24-15-13-21/h6-9,16,19-20H,3-5,10-15H2,1-2H3. The first kappa shape index (κ1) is 20.0. The summed E-state index contributed by atoms with van der Waals surface area (Å²) in [6, 6.07) is 8.52. The molecule has 0 radical (unpaired) electrons. The molecule has 1 aliphatic rings. The van der Waals surface area contributed by atoms with Crippen LogP contribution in [0.3, 0.4) is 0 Å². The third kappa shape index (κ3) is 6.84. The Balaban J connectivity index is 1.59. The Morgan fingerprint density at radius 1 is 1.04 bits per heavy atom. The number of benzene rings is 1. The third-order valence-electron chi connectivity index (χ3n) is 4.35. The molecule has 1 saturated heterocycles. The third-order valence-corrected chi connectivity index (χ3v) is 6.20. The highest BCUT2D eigenvalue weighted by atomic mass is 32.2. The van der Waals surface area contributed by atoms with E-state index in [-0.39, 0.29) is 5.25 Å². The van der Waals surface area contributed by atoms with Gasteiger partial charge in [-0.15, -0.1) is 0 Å². The van der Waals surface area contributed by atoms with E-state index in [1.54, 1.807) is 13.8 Å². The summed E-state index contributed by atoms with van der Waals surface area (Å²) in [4.78, 5) is 2.34. The molecule has 1 aliphatic heterocycles. The summed E-state index contributed by atoms with van der Waals surface area (Å²) in [5, 5.41) is 3.05. The highest BCUT2D eigenvalue weighted by Crippen LogP contribution is 2.19. The molecule has 0 amide bonds. The minimum absolute atomic E-state index is 0.366. The fourth-order valence-corrected chi connectivity index (χ4v) is 3.41. The molecule has 0 bridgehead atoms. The predicted octanol–water partition coefficient (Wildman–Crippen LogP) is 2.43. The van der Waals surface area contributed by atoms with Crippen LogP contribution < -0.4 is 14.9 Å². The number of nitrogens with one attached hydrogen (secondary N) is 2. The zero-order valence-corrected chi connectivity index (χ0v) is 16.1. The van der Waals surface area contributed by atoms with E-state index in [0.29, 0.717) is 6.54 Å². The maximum atomic E-state index is 11.6. The molecule has 0 saturated carbocycles. The molecule has 0 aromatic heterocycles. The van der Waals surface area contributed by atoms with E-state index >= 15 is 0 Å². The molecule has 7 heteroatoms. The van der Waals surface area contributed by atoms with Gasteiger partial charge in [0.1, 0.15) is 0 Å². The van der Waals surface area contributed by atoms with Gasteiger partial charge in [-0.25, -0.2) is 13.1 Å². The van der Waals surface area contributed by atoms with Crippen molar-refractivity contribution in [3.05, 3.63) is 24.3 Å². The number of hydrogen-bond donors (Lipinski definition) is 2. The molecule has 0 unspecified atom stereocenters. The van der Waals surface area contributed by atoms with Crippen LogP contribution in [0, 0.1) is 0 Å². The maximum Gasteiger partial charge on any atom is 0.213 e. The van der Waals surface area contributed by atoms with Gasteiger partial charge in [-0.2, -0.15) is 0 Å². The van der Waals surface area contributed by atoms with Crippen LogP contribution in [-0.2, 0) is 14.8 Å². The average molecular weight is 370 g/mol. The molecule has 0 spiro atoms. The number of sulfonamides is 1. The highest BCUT2D eigenvalue weighted by molar-refractivity contribution is 7.90. The first-order valence-corrected chi connectivity index (χ1v) is 10.7. The van der Waals surface area contributed by atoms with E-state index in [1.807, 2.05) is 0 Å². The van der Waals surface area contributed by atoms with Gasteiger partial charge >= 0.3 is 0 Å². The summed E-state index contributed by atoms with van der Waals surface area (Å²) in [6.45, 7) is 8.30.